The third kappa shape index (κ3) is 3.52. The first-order valence-corrected chi connectivity index (χ1v) is 8.96. The topological polar surface area (TPSA) is 57.2 Å². The van der Waals surface area contributed by atoms with Crippen LogP contribution in [0.25, 0.3) is 22.0 Å². The fourth-order valence-electron chi connectivity index (χ4n) is 3.03. The molecule has 4 aromatic rings. The number of carbonyl (C=O) groups excluding carboxylic acids is 1. The van der Waals surface area contributed by atoms with Crippen LogP contribution in [0, 0.1) is 5.82 Å². The molecule has 0 atom stereocenters. The van der Waals surface area contributed by atoms with E-state index >= 15 is 0 Å². The lowest BCUT2D eigenvalue weighted by Crippen LogP contribution is -2.18. The molecule has 0 bridgehead atoms. The van der Waals surface area contributed by atoms with Crippen molar-refractivity contribution in [2.45, 2.75) is 0 Å². The number of H-pyrrole nitrogens is 1. The number of amides is 1. The maximum Gasteiger partial charge on any atom is 0.288 e. The van der Waals surface area contributed by atoms with Gasteiger partial charge in [0, 0.05) is 16.0 Å². The summed E-state index contributed by atoms with van der Waals surface area (Å²) in [4.78, 5) is 15.7. The number of aromatic amines is 1. The van der Waals surface area contributed by atoms with Crippen LogP contribution in [0.2, 0.25) is 5.02 Å². The first-order chi connectivity index (χ1) is 13.6. The van der Waals surface area contributed by atoms with Crippen molar-refractivity contribution >= 4 is 34.6 Å². The molecule has 0 aliphatic heterocycles. The van der Waals surface area contributed by atoms with Gasteiger partial charge >= 0.3 is 0 Å². The summed E-state index contributed by atoms with van der Waals surface area (Å²) in [7, 11) is 0. The minimum atomic E-state index is -0.459. The molecule has 2 N–H and O–H groups in total. The van der Waals surface area contributed by atoms with Gasteiger partial charge in [-0.25, -0.2) is 9.82 Å². The Morgan fingerprint density at radius 1 is 1.00 bits per heavy atom. The van der Waals surface area contributed by atoms with E-state index in [1.807, 2.05) is 30.3 Å². The molecule has 0 fully saturated rings. The van der Waals surface area contributed by atoms with Gasteiger partial charge in [-0.1, -0.05) is 66.2 Å². The molecule has 1 aromatic heterocycles. The lowest BCUT2D eigenvalue weighted by atomic mass is 10.0. The minimum Gasteiger partial charge on any atom is -0.348 e. The van der Waals surface area contributed by atoms with Crippen LogP contribution in [0.5, 0.6) is 0 Å². The fraction of sp³-hybridized carbons (Fsp3) is 0. The van der Waals surface area contributed by atoms with Gasteiger partial charge in [0.15, 0.2) is 0 Å². The van der Waals surface area contributed by atoms with E-state index < -0.39 is 11.7 Å². The van der Waals surface area contributed by atoms with Crippen molar-refractivity contribution in [2.75, 3.05) is 0 Å². The number of halogens is 2. The zero-order valence-corrected chi connectivity index (χ0v) is 15.4. The molecule has 4 rings (SSSR count). The molecule has 0 saturated carbocycles. The maximum absolute atomic E-state index is 14.3. The zero-order chi connectivity index (χ0) is 19.5. The Balaban J connectivity index is 1.70. The van der Waals surface area contributed by atoms with Gasteiger partial charge < -0.3 is 4.98 Å². The third-order valence-electron chi connectivity index (χ3n) is 4.32. The summed E-state index contributed by atoms with van der Waals surface area (Å²) >= 11 is 5.85. The quantitative estimate of drug-likeness (QED) is 0.355. The zero-order valence-electron chi connectivity index (χ0n) is 14.6. The standard InChI is InChI=1S/C22H15ClFN3O/c23-16-11-9-14(10-12-16)13-25-27-22(28)21-19(15-5-2-1-3-6-15)17-7-4-8-18(24)20(17)26-21/h1-13,26H,(H,27,28)/b25-13-. The Kier molecular flexibility index (Phi) is 4.91. The highest BCUT2D eigenvalue weighted by Crippen LogP contribution is 2.33. The molecule has 1 heterocycles. The van der Waals surface area contributed by atoms with Gasteiger partial charge in [0.2, 0.25) is 0 Å². The Morgan fingerprint density at radius 2 is 1.75 bits per heavy atom. The molecule has 0 aliphatic carbocycles. The van der Waals surface area contributed by atoms with Crippen LogP contribution in [-0.4, -0.2) is 17.1 Å². The summed E-state index contributed by atoms with van der Waals surface area (Å²) in [5, 5.41) is 5.25. The number of nitrogens with zero attached hydrogens (tertiary/aromatic N) is 1. The number of carbonyl (C=O) groups is 1. The number of para-hydroxylation sites is 1. The summed E-state index contributed by atoms with van der Waals surface area (Å²) in [5.74, 6) is -0.877. The van der Waals surface area contributed by atoms with E-state index in [1.54, 1.807) is 36.4 Å². The normalized spacial score (nSPS) is 11.2. The van der Waals surface area contributed by atoms with Gasteiger partial charge in [0.1, 0.15) is 11.5 Å². The molecular weight excluding hydrogens is 377 g/mol. The van der Waals surface area contributed by atoms with Crippen molar-refractivity contribution < 1.29 is 9.18 Å². The Labute approximate surface area is 165 Å². The summed E-state index contributed by atoms with van der Waals surface area (Å²) < 4.78 is 14.3. The Hall–Kier alpha value is -3.44. The summed E-state index contributed by atoms with van der Waals surface area (Å²) in [6, 6.07) is 21.2. The van der Waals surface area contributed by atoms with Gasteiger partial charge in [0.05, 0.1) is 11.7 Å². The van der Waals surface area contributed by atoms with Crippen LogP contribution in [0.1, 0.15) is 16.1 Å². The smallest absolute Gasteiger partial charge is 0.288 e. The van der Waals surface area contributed by atoms with Crippen LogP contribution in [0.15, 0.2) is 77.9 Å². The number of hydrogen-bond donors (Lipinski definition) is 2. The molecule has 138 valence electrons. The number of hydrogen-bond acceptors (Lipinski definition) is 2. The van der Waals surface area contributed by atoms with Gasteiger partial charge in [-0.3, -0.25) is 4.79 Å². The minimum absolute atomic E-state index is 0.250. The maximum atomic E-state index is 14.3. The first kappa shape index (κ1) is 17.9. The van der Waals surface area contributed by atoms with Gasteiger partial charge in [0.25, 0.3) is 5.91 Å². The second kappa shape index (κ2) is 7.66. The fourth-order valence-corrected chi connectivity index (χ4v) is 3.15. The van der Waals surface area contributed by atoms with E-state index in [0.717, 1.165) is 11.1 Å². The number of rotatable bonds is 4. The van der Waals surface area contributed by atoms with Crippen molar-refractivity contribution in [3.05, 3.63) is 94.9 Å². The van der Waals surface area contributed by atoms with Gasteiger partial charge in [-0.15, -0.1) is 0 Å². The Bertz CT molecular complexity index is 1170. The second-order valence-electron chi connectivity index (χ2n) is 6.15. The van der Waals surface area contributed by atoms with E-state index in [4.69, 9.17) is 11.6 Å². The van der Waals surface area contributed by atoms with Gasteiger partial charge in [-0.2, -0.15) is 5.10 Å². The predicted molar refractivity (Wildman–Crippen MR) is 110 cm³/mol. The first-order valence-electron chi connectivity index (χ1n) is 8.58. The highest BCUT2D eigenvalue weighted by Gasteiger charge is 2.20. The van der Waals surface area contributed by atoms with Crippen molar-refractivity contribution in [3.8, 4) is 11.1 Å². The van der Waals surface area contributed by atoms with E-state index in [0.29, 0.717) is 16.0 Å². The lowest BCUT2D eigenvalue weighted by Gasteiger charge is -2.04. The molecule has 0 radical (unpaired) electrons. The van der Waals surface area contributed by atoms with Crippen LogP contribution in [0.4, 0.5) is 4.39 Å². The van der Waals surface area contributed by atoms with Crippen LogP contribution in [0.3, 0.4) is 0 Å². The monoisotopic (exact) mass is 391 g/mol. The predicted octanol–water partition coefficient (Wildman–Crippen LogP) is 5.39. The lowest BCUT2D eigenvalue weighted by molar-refractivity contribution is 0.0951. The molecule has 0 aliphatic rings. The molecule has 0 spiro atoms. The van der Waals surface area contributed by atoms with Gasteiger partial charge in [-0.05, 0) is 29.3 Å². The van der Waals surface area contributed by atoms with E-state index in [-0.39, 0.29) is 11.2 Å². The van der Waals surface area contributed by atoms with E-state index in [2.05, 4.69) is 15.5 Å². The molecule has 6 heteroatoms. The molecule has 0 saturated heterocycles. The number of nitrogens with one attached hydrogen (secondary N) is 2. The summed E-state index contributed by atoms with van der Waals surface area (Å²) in [6.07, 6.45) is 1.51. The van der Waals surface area contributed by atoms with Crippen molar-refractivity contribution in [2.24, 2.45) is 5.10 Å². The SMILES string of the molecule is O=C(N/N=C\c1ccc(Cl)cc1)c1[nH]c2c(F)cccc2c1-c1ccccc1. The Morgan fingerprint density at radius 3 is 2.50 bits per heavy atom. The van der Waals surface area contributed by atoms with Crippen molar-refractivity contribution in [1.82, 2.24) is 10.4 Å². The van der Waals surface area contributed by atoms with Crippen LogP contribution in [-0.2, 0) is 0 Å². The average molecular weight is 392 g/mol. The molecule has 1 amide bonds. The number of hydrazone groups is 1. The number of fused-ring (bicyclic) bond motifs is 1. The molecular formula is C22H15ClFN3O. The molecule has 3 aromatic carbocycles. The average Bonchev–Trinajstić information content (AvgIpc) is 3.11. The second-order valence-corrected chi connectivity index (χ2v) is 6.59. The highest BCUT2D eigenvalue weighted by atomic mass is 35.5. The van der Waals surface area contributed by atoms with E-state index in [9.17, 15) is 9.18 Å². The summed E-state index contributed by atoms with van der Waals surface area (Å²) in [6.45, 7) is 0. The third-order valence-corrected chi connectivity index (χ3v) is 4.57. The highest BCUT2D eigenvalue weighted by molar-refractivity contribution is 6.30. The van der Waals surface area contributed by atoms with Crippen molar-refractivity contribution in [1.29, 1.82) is 0 Å². The molecule has 28 heavy (non-hydrogen) atoms. The molecule has 0 unspecified atom stereocenters. The number of aromatic nitrogens is 1. The van der Waals surface area contributed by atoms with E-state index in [1.165, 1.54) is 12.3 Å². The molecule has 4 nitrogen and oxygen atoms in total. The van der Waals surface area contributed by atoms with Crippen LogP contribution < -0.4 is 5.43 Å². The van der Waals surface area contributed by atoms with Crippen LogP contribution >= 0.6 is 11.6 Å². The largest absolute Gasteiger partial charge is 0.348 e. The van der Waals surface area contributed by atoms with Crippen molar-refractivity contribution in [3.63, 3.8) is 0 Å². The summed E-state index contributed by atoms with van der Waals surface area (Å²) in [5.41, 5.74) is 5.26. The number of benzene rings is 3.